The van der Waals surface area contributed by atoms with Crippen LogP contribution in [0.2, 0.25) is 0 Å². The fraction of sp³-hybridized carbons (Fsp3) is 0.667. The molecule has 0 fully saturated rings. The van der Waals surface area contributed by atoms with Crippen LogP contribution < -0.4 is 16.4 Å². The van der Waals surface area contributed by atoms with E-state index in [0.717, 1.165) is 19.3 Å². The smallest absolute Gasteiger partial charge is 0.312 e. The van der Waals surface area contributed by atoms with Crippen molar-refractivity contribution in [3.05, 3.63) is 11.6 Å². The van der Waals surface area contributed by atoms with E-state index < -0.39 is 12.1 Å². The van der Waals surface area contributed by atoms with Crippen molar-refractivity contribution in [1.29, 1.82) is 0 Å². The van der Waals surface area contributed by atoms with Crippen LogP contribution >= 0.6 is 0 Å². The molecule has 1 unspecified atom stereocenters. The van der Waals surface area contributed by atoms with E-state index in [0.29, 0.717) is 6.54 Å². The Balaban J connectivity index is 2.19. The number of carbonyl (C=O) groups is 2. The van der Waals surface area contributed by atoms with Crippen molar-refractivity contribution in [2.24, 2.45) is 5.73 Å². The average molecular weight is 239 g/mol. The van der Waals surface area contributed by atoms with Gasteiger partial charge in [0.1, 0.15) is 6.04 Å². The quantitative estimate of drug-likeness (QED) is 0.626. The lowest BCUT2D eigenvalue weighted by atomic mass is 9.97. The summed E-state index contributed by atoms with van der Waals surface area (Å²) in [5.41, 5.74) is 6.36. The number of primary amides is 1. The van der Waals surface area contributed by atoms with Crippen molar-refractivity contribution in [3.8, 4) is 0 Å². The van der Waals surface area contributed by atoms with E-state index in [2.05, 4.69) is 16.7 Å². The summed E-state index contributed by atoms with van der Waals surface area (Å²) in [6.45, 7) is 2.23. The third-order valence-corrected chi connectivity index (χ3v) is 2.88. The maximum absolute atomic E-state index is 11.5. The van der Waals surface area contributed by atoms with E-state index in [1.54, 1.807) is 6.92 Å². The first-order valence-corrected chi connectivity index (χ1v) is 6.11. The topological polar surface area (TPSA) is 84.2 Å². The molecule has 1 aliphatic carbocycles. The predicted molar refractivity (Wildman–Crippen MR) is 66.4 cm³/mol. The van der Waals surface area contributed by atoms with Crippen LogP contribution in [-0.4, -0.2) is 24.5 Å². The Kier molecular flexibility index (Phi) is 5.52. The summed E-state index contributed by atoms with van der Waals surface area (Å²) in [6, 6.07) is -1.25. The first-order valence-electron chi connectivity index (χ1n) is 6.11. The third kappa shape index (κ3) is 5.38. The van der Waals surface area contributed by atoms with Crippen LogP contribution in [0.15, 0.2) is 11.6 Å². The second-order valence-electron chi connectivity index (χ2n) is 4.38. The van der Waals surface area contributed by atoms with Crippen molar-refractivity contribution >= 4 is 11.9 Å². The standard InChI is InChI=1S/C12H21N3O2/c1-9(15-12(13)17)11(16)14-8-7-10-5-3-2-4-6-10/h5,9H,2-4,6-8H2,1H3,(H,14,16)(H3,13,15,17). The predicted octanol–water partition coefficient (Wildman–Crippen LogP) is 1.05. The van der Waals surface area contributed by atoms with Gasteiger partial charge in [0.2, 0.25) is 5.91 Å². The minimum atomic E-state index is -0.678. The van der Waals surface area contributed by atoms with Crippen LogP contribution in [0, 0.1) is 0 Å². The largest absolute Gasteiger partial charge is 0.354 e. The lowest BCUT2D eigenvalue weighted by Crippen LogP contribution is -2.46. The zero-order valence-corrected chi connectivity index (χ0v) is 10.3. The van der Waals surface area contributed by atoms with Gasteiger partial charge in [-0.3, -0.25) is 4.79 Å². The number of rotatable bonds is 5. The number of urea groups is 1. The fourth-order valence-corrected chi connectivity index (χ4v) is 1.91. The molecule has 96 valence electrons. The SMILES string of the molecule is CC(NC(N)=O)C(=O)NCCC1=CCCCC1. The van der Waals surface area contributed by atoms with E-state index >= 15 is 0 Å². The van der Waals surface area contributed by atoms with Gasteiger partial charge in [0, 0.05) is 6.54 Å². The highest BCUT2D eigenvalue weighted by Crippen LogP contribution is 2.19. The number of amides is 3. The van der Waals surface area contributed by atoms with Gasteiger partial charge >= 0.3 is 6.03 Å². The number of hydrogen-bond donors (Lipinski definition) is 3. The molecule has 17 heavy (non-hydrogen) atoms. The monoisotopic (exact) mass is 239 g/mol. The summed E-state index contributed by atoms with van der Waals surface area (Å²) in [7, 11) is 0. The zero-order chi connectivity index (χ0) is 12.7. The van der Waals surface area contributed by atoms with E-state index in [1.165, 1.54) is 18.4 Å². The average Bonchev–Trinajstić information content (AvgIpc) is 2.29. The molecule has 1 aliphatic rings. The highest BCUT2D eigenvalue weighted by Gasteiger charge is 2.13. The second-order valence-corrected chi connectivity index (χ2v) is 4.38. The molecule has 0 aromatic heterocycles. The van der Waals surface area contributed by atoms with Gasteiger partial charge in [0.05, 0.1) is 0 Å². The first kappa shape index (κ1) is 13.5. The molecule has 5 nitrogen and oxygen atoms in total. The minimum absolute atomic E-state index is 0.194. The van der Waals surface area contributed by atoms with Gasteiger partial charge in [-0.25, -0.2) is 4.79 Å². The highest BCUT2D eigenvalue weighted by atomic mass is 16.2. The Morgan fingerprint density at radius 3 is 2.82 bits per heavy atom. The summed E-state index contributed by atoms with van der Waals surface area (Å²) in [4.78, 5) is 22.1. The van der Waals surface area contributed by atoms with E-state index in [-0.39, 0.29) is 5.91 Å². The Bertz CT molecular complexity index is 313. The van der Waals surface area contributed by atoms with Crippen molar-refractivity contribution in [2.45, 2.75) is 45.1 Å². The Morgan fingerprint density at radius 1 is 1.47 bits per heavy atom. The highest BCUT2D eigenvalue weighted by molar-refractivity contribution is 5.86. The molecule has 0 bridgehead atoms. The zero-order valence-electron chi connectivity index (χ0n) is 10.3. The summed E-state index contributed by atoms with van der Waals surface area (Å²) in [6.07, 6.45) is 7.98. The second kappa shape index (κ2) is 6.93. The molecule has 4 N–H and O–H groups in total. The van der Waals surface area contributed by atoms with Gasteiger partial charge < -0.3 is 16.4 Å². The summed E-state index contributed by atoms with van der Waals surface area (Å²) >= 11 is 0. The van der Waals surface area contributed by atoms with Gasteiger partial charge in [-0.2, -0.15) is 0 Å². The molecule has 3 amide bonds. The molecular weight excluding hydrogens is 218 g/mol. The van der Waals surface area contributed by atoms with Crippen LogP contribution in [-0.2, 0) is 4.79 Å². The minimum Gasteiger partial charge on any atom is -0.354 e. The van der Waals surface area contributed by atoms with Crippen LogP contribution in [0.3, 0.4) is 0 Å². The number of nitrogens with two attached hydrogens (primary N) is 1. The van der Waals surface area contributed by atoms with Gasteiger partial charge in [-0.15, -0.1) is 0 Å². The lowest BCUT2D eigenvalue weighted by molar-refractivity contribution is -0.122. The summed E-state index contributed by atoms with van der Waals surface area (Å²) in [5.74, 6) is -0.194. The Hall–Kier alpha value is -1.52. The normalized spacial score (nSPS) is 16.9. The van der Waals surface area contributed by atoms with Crippen molar-refractivity contribution < 1.29 is 9.59 Å². The number of nitrogens with one attached hydrogen (secondary N) is 2. The number of hydrogen-bond acceptors (Lipinski definition) is 2. The Labute approximate surface area is 102 Å². The van der Waals surface area contributed by atoms with Crippen LogP contribution in [0.4, 0.5) is 4.79 Å². The molecule has 5 heteroatoms. The molecular formula is C12H21N3O2. The fourth-order valence-electron chi connectivity index (χ4n) is 1.91. The summed E-state index contributed by atoms with van der Waals surface area (Å²) < 4.78 is 0. The lowest BCUT2D eigenvalue weighted by Gasteiger charge is -2.15. The van der Waals surface area contributed by atoms with Gasteiger partial charge in [0.15, 0.2) is 0 Å². The van der Waals surface area contributed by atoms with Crippen LogP contribution in [0.25, 0.3) is 0 Å². The van der Waals surface area contributed by atoms with Gasteiger partial charge in [-0.05, 0) is 39.0 Å². The van der Waals surface area contributed by atoms with E-state index in [1.807, 2.05) is 0 Å². The molecule has 0 heterocycles. The van der Waals surface area contributed by atoms with Crippen LogP contribution in [0.1, 0.15) is 39.0 Å². The molecule has 0 aromatic carbocycles. The molecule has 1 rings (SSSR count). The molecule has 0 aromatic rings. The molecule has 0 radical (unpaired) electrons. The molecule has 0 saturated carbocycles. The van der Waals surface area contributed by atoms with Crippen molar-refractivity contribution in [2.75, 3.05) is 6.54 Å². The number of carbonyl (C=O) groups excluding carboxylic acids is 2. The van der Waals surface area contributed by atoms with Crippen LogP contribution in [0.5, 0.6) is 0 Å². The molecule has 1 atom stereocenters. The molecule has 0 saturated heterocycles. The molecule has 0 aliphatic heterocycles. The maximum atomic E-state index is 11.5. The summed E-state index contributed by atoms with van der Waals surface area (Å²) in [5, 5.41) is 5.13. The maximum Gasteiger partial charge on any atom is 0.312 e. The number of allylic oxidation sites excluding steroid dienone is 1. The van der Waals surface area contributed by atoms with E-state index in [9.17, 15) is 9.59 Å². The van der Waals surface area contributed by atoms with E-state index in [4.69, 9.17) is 5.73 Å². The first-order chi connectivity index (χ1) is 8.09. The van der Waals surface area contributed by atoms with Gasteiger partial charge in [0.25, 0.3) is 0 Å². The Morgan fingerprint density at radius 2 is 2.24 bits per heavy atom. The molecule has 0 spiro atoms. The third-order valence-electron chi connectivity index (χ3n) is 2.88. The van der Waals surface area contributed by atoms with Crippen molar-refractivity contribution in [3.63, 3.8) is 0 Å². The van der Waals surface area contributed by atoms with Crippen molar-refractivity contribution in [1.82, 2.24) is 10.6 Å². The van der Waals surface area contributed by atoms with Gasteiger partial charge in [-0.1, -0.05) is 11.6 Å².